The lowest BCUT2D eigenvalue weighted by atomic mass is 9.49. The second-order valence-electron chi connectivity index (χ2n) is 13.7. The number of aliphatic hydroxyl groups excluding tert-OH is 1. The molecule has 10 heteroatoms. The van der Waals surface area contributed by atoms with E-state index in [2.05, 4.69) is 5.43 Å². The van der Waals surface area contributed by atoms with Gasteiger partial charge in [0, 0.05) is 16.5 Å². The van der Waals surface area contributed by atoms with Crippen LogP contribution in [0.5, 0.6) is 5.75 Å². The van der Waals surface area contributed by atoms with Gasteiger partial charge in [0.15, 0.2) is 0 Å². The molecule has 51 heavy (non-hydrogen) atoms. The smallest absolute Gasteiger partial charge is 0.260 e. The molecule has 0 aromatic heterocycles. The fourth-order valence-electron chi connectivity index (χ4n) is 8.94. The Morgan fingerprint density at radius 3 is 2.27 bits per heavy atom. The Kier molecular flexibility index (Phi) is 8.27. The molecule has 2 aliphatic carbocycles. The molecule has 6 unspecified atom stereocenters. The largest absolute Gasteiger partial charge is 0.491 e. The summed E-state index contributed by atoms with van der Waals surface area (Å²) >= 11 is 6.14. The van der Waals surface area contributed by atoms with Crippen LogP contribution in [0.3, 0.4) is 0 Å². The number of nitrogens with zero attached hydrogens (tertiary/aromatic N) is 2. The van der Waals surface area contributed by atoms with E-state index >= 15 is 4.79 Å². The number of hydrazine groups is 1. The van der Waals surface area contributed by atoms with Gasteiger partial charge in [0.05, 0.1) is 41.2 Å². The molecule has 0 spiro atoms. The van der Waals surface area contributed by atoms with Crippen molar-refractivity contribution in [3.63, 3.8) is 0 Å². The van der Waals surface area contributed by atoms with Crippen molar-refractivity contribution in [3.05, 3.63) is 136 Å². The number of rotatable bonds is 8. The Hall–Kier alpha value is -5.25. The summed E-state index contributed by atoms with van der Waals surface area (Å²) in [5, 5.41) is 11.4. The molecule has 0 radical (unpaired) electrons. The third-order valence-electron chi connectivity index (χ3n) is 11.1. The number of allylic oxidation sites excluding steroid dienone is 2. The summed E-state index contributed by atoms with van der Waals surface area (Å²) in [5.41, 5.74) is 5.92. The van der Waals surface area contributed by atoms with E-state index in [1.165, 1.54) is 4.90 Å². The molecule has 2 aliphatic heterocycles. The predicted octanol–water partition coefficient (Wildman–Crippen LogP) is 6.21. The predicted molar refractivity (Wildman–Crippen MR) is 192 cm³/mol. The van der Waals surface area contributed by atoms with Gasteiger partial charge in [0.2, 0.25) is 11.8 Å². The number of carbonyl (C=O) groups is 4. The number of nitrogens with one attached hydrogen (secondary N) is 1. The summed E-state index contributed by atoms with van der Waals surface area (Å²) in [5.74, 6) is -4.49. The quantitative estimate of drug-likeness (QED) is 0.166. The highest BCUT2D eigenvalue weighted by atomic mass is 35.5. The van der Waals surface area contributed by atoms with E-state index in [-0.39, 0.29) is 31.4 Å². The topological polar surface area (TPSA) is 116 Å². The zero-order valence-electron chi connectivity index (χ0n) is 27.9. The van der Waals surface area contributed by atoms with Crippen LogP contribution >= 0.6 is 11.6 Å². The fourth-order valence-corrected chi connectivity index (χ4v) is 9.07. The summed E-state index contributed by atoms with van der Waals surface area (Å²) in [6.45, 7) is 1.76. The molecule has 2 heterocycles. The average Bonchev–Trinajstić information content (AvgIpc) is 3.53. The third kappa shape index (κ3) is 5.09. The van der Waals surface area contributed by atoms with Crippen molar-refractivity contribution >= 4 is 46.6 Å². The summed E-state index contributed by atoms with van der Waals surface area (Å²) in [7, 11) is 0. The Balaban J connectivity index is 1.32. The van der Waals surface area contributed by atoms with E-state index < -0.39 is 46.8 Å². The van der Waals surface area contributed by atoms with Gasteiger partial charge in [-0.3, -0.25) is 29.5 Å². The number of amides is 4. The molecule has 4 aromatic carbocycles. The van der Waals surface area contributed by atoms with Gasteiger partial charge in [-0.05, 0) is 73.7 Å². The van der Waals surface area contributed by atoms with Crippen molar-refractivity contribution < 1.29 is 29.0 Å². The molecule has 258 valence electrons. The maximum absolute atomic E-state index is 15.3. The van der Waals surface area contributed by atoms with E-state index in [0.29, 0.717) is 39.7 Å². The van der Waals surface area contributed by atoms with Crippen molar-refractivity contribution in [1.82, 2.24) is 5.01 Å². The average molecular weight is 702 g/mol. The molecule has 2 saturated heterocycles. The monoisotopic (exact) mass is 701 g/mol. The van der Waals surface area contributed by atoms with Crippen LogP contribution in [0, 0.1) is 30.6 Å². The van der Waals surface area contributed by atoms with Gasteiger partial charge in [-0.1, -0.05) is 89.5 Å². The molecule has 1 saturated carbocycles. The molecule has 8 rings (SSSR count). The maximum Gasteiger partial charge on any atom is 0.260 e. The molecule has 0 bridgehead atoms. The Morgan fingerprint density at radius 1 is 0.843 bits per heavy atom. The lowest BCUT2D eigenvalue weighted by molar-refractivity contribution is -0.138. The van der Waals surface area contributed by atoms with E-state index in [0.717, 1.165) is 16.1 Å². The Bertz CT molecular complexity index is 2070. The SMILES string of the molecule is Cc1ccc(NN2C(=O)C3CC4C(=CCC5C(=O)N(c6ccc(Cl)cc6)C(=O)C54)C(c4ccccc4OCCO)C3(c3ccccc3)C2=O)cc1. The van der Waals surface area contributed by atoms with Crippen molar-refractivity contribution in [1.29, 1.82) is 0 Å². The highest BCUT2D eigenvalue weighted by molar-refractivity contribution is 6.31. The molecule has 2 N–H and O–H groups in total. The molecule has 4 amide bonds. The highest BCUT2D eigenvalue weighted by Gasteiger charge is 2.70. The molecule has 4 aliphatic rings. The number of fused-ring (bicyclic) bond motifs is 4. The van der Waals surface area contributed by atoms with Crippen molar-refractivity contribution in [2.75, 3.05) is 23.5 Å². The van der Waals surface area contributed by atoms with Crippen molar-refractivity contribution in [3.8, 4) is 5.75 Å². The normalized spacial score (nSPS) is 26.8. The number of imide groups is 2. The Morgan fingerprint density at radius 2 is 1.55 bits per heavy atom. The van der Waals surface area contributed by atoms with Crippen LogP contribution in [0.25, 0.3) is 0 Å². The minimum absolute atomic E-state index is 0.0235. The number of aryl methyl sites for hydroxylation is 1. The van der Waals surface area contributed by atoms with Gasteiger partial charge >= 0.3 is 0 Å². The number of anilines is 2. The molecule has 4 aromatic rings. The van der Waals surface area contributed by atoms with Gasteiger partial charge < -0.3 is 9.84 Å². The van der Waals surface area contributed by atoms with E-state index in [4.69, 9.17) is 16.3 Å². The van der Waals surface area contributed by atoms with Crippen molar-refractivity contribution in [2.24, 2.45) is 23.7 Å². The maximum atomic E-state index is 15.3. The minimum Gasteiger partial charge on any atom is -0.491 e. The second-order valence-corrected chi connectivity index (χ2v) is 14.1. The highest BCUT2D eigenvalue weighted by Crippen LogP contribution is 2.65. The van der Waals surface area contributed by atoms with Crippen LogP contribution in [0.4, 0.5) is 11.4 Å². The first kappa shape index (κ1) is 32.9. The van der Waals surface area contributed by atoms with Gasteiger partial charge in [0.25, 0.3) is 11.8 Å². The third-order valence-corrected chi connectivity index (χ3v) is 11.3. The number of hydrogen-bond acceptors (Lipinski definition) is 7. The van der Waals surface area contributed by atoms with Crippen LogP contribution < -0.4 is 15.1 Å². The molecular formula is C41H36ClN3O6. The number of carbonyl (C=O) groups excluding carboxylic acids is 4. The number of ether oxygens (including phenoxy) is 1. The first-order valence-electron chi connectivity index (χ1n) is 17.2. The number of hydrogen-bond donors (Lipinski definition) is 2. The van der Waals surface area contributed by atoms with Crippen LogP contribution in [0.1, 0.15) is 35.4 Å². The molecular weight excluding hydrogens is 666 g/mol. The minimum atomic E-state index is -1.43. The number of benzene rings is 4. The van der Waals surface area contributed by atoms with Crippen LogP contribution in [-0.4, -0.2) is 47.0 Å². The standard InChI is InChI=1S/C41H36ClN3O6/c1-24-11-15-27(16-12-24)43-45-38(48)33-23-32-29(19-20-31-35(32)39(49)44(37(31)47)28-17-13-26(42)14-18-28)36(30-9-5-6-10-34(30)51-22-21-46)41(33,40(45)50)25-7-3-2-4-8-25/h2-19,31-33,35-36,43,46H,20-23H2,1H3. The van der Waals surface area contributed by atoms with E-state index in [1.807, 2.05) is 85.8 Å². The molecule has 9 nitrogen and oxygen atoms in total. The van der Waals surface area contributed by atoms with Gasteiger partial charge in [0.1, 0.15) is 12.4 Å². The number of halogens is 1. The van der Waals surface area contributed by atoms with Crippen molar-refractivity contribution in [2.45, 2.75) is 31.1 Å². The summed E-state index contributed by atoms with van der Waals surface area (Å²) < 4.78 is 6.11. The van der Waals surface area contributed by atoms with Gasteiger partial charge in [-0.15, -0.1) is 0 Å². The summed E-state index contributed by atoms with van der Waals surface area (Å²) in [6.07, 6.45) is 2.50. The summed E-state index contributed by atoms with van der Waals surface area (Å²) in [6, 6.07) is 30.8. The number of para-hydroxylation sites is 1. The zero-order valence-corrected chi connectivity index (χ0v) is 28.6. The fraction of sp³-hybridized carbons (Fsp3) is 0.268. The van der Waals surface area contributed by atoms with Crippen LogP contribution in [0.15, 0.2) is 115 Å². The Labute approximate surface area is 300 Å². The first-order valence-corrected chi connectivity index (χ1v) is 17.6. The summed E-state index contributed by atoms with van der Waals surface area (Å²) in [4.78, 5) is 59.9. The van der Waals surface area contributed by atoms with Gasteiger partial charge in [-0.25, -0.2) is 0 Å². The zero-order chi connectivity index (χ0) is 35.4. The first-order chi connectivity index (χ1) is 24.7. The van der Waals surface area contributed by atoms with E-state index in [1.54, 1.807) is 30.3 Å². The lowest BCUT2D eigenvalue weighted by Gasteiger charge is -2.50. The van der Waals surface area contributed by atoms with Gasteiger partial charge in [-0.2, -0.15) is 5.01 Å². The van der Waals surface area contributed by atoms with E-state index in [9.17, 15) is 19.5 Å². The van der Waals surface area contributed by atoms with Crippen LogP contribution in [-0.2, 0) is 24.6 Å². The molecule has 6 atom stereocenters. The number of aliphatic hydroxyl groups is 1. The second kappa shape index (κ2) is 12.8. The molecule has 3 fully saturated rings. The lowest BCUT2D eigenvalue weighted by Crippen LogP contribution is -2.53. The van der Waals surface area contributed by atoms with Crippen LogP contribution in [0.2, 0.25) is 5.02 Å².